The summed E-state index contributed by atoms with van der Waals surface area (Å²) in [5, 5.41) is 9.01. The summed E-state index contributed by atoms with van der Waals surface area (Å²) in [5.74, 6) is -0.485. The number of ether oxygens (including phenoxy) is 2. The molecule has 1 N–H and O–H groups in total. The molecule has 1 amide bonds. The predicted molar refractivity (Wildman–Crippen MR) is 92.9 cm³/mol. The number of aliphatic carboxylic acids is 1. The Morgan fingerprint density at radius 2 is 1.92 bits per heavy atom. The van der Waals surface area contributed by atoms with Gasteiger partial charge < -0.3 is 19.5 Å². The topological polar surface area (TPSA) is 89.0 Å². The lowest BCUT2D eigenvalue weighted by Gasteiger charge is -2.34. The Labute approximate surface area is 151 Å². The molecule has 1 aliphatic rings. The van der Waals surface area contributed by atoms with Gasteiger partial charge in [-0.15, -0.1) is 0 Å². The monoisotopic (exact) mass is 356 g/mol. The number of rotatable bonds is 6. The number of pyridine rings is 1. The fourth-order valence-corrected chi connectivity index (χ4v) is 2.80. The zero-order valence-electron chi connectivity index (χ0n) is 14.2. The summed E-state index contributed by atoms with van der Waals surface area (Å²) in [6.45, 7) is 1.46. The minimum absolute atomic E-state index is 0.126. The quantitative estimate of drug-likeness (QED) is 0.851. The van der Waals surface area contributed by atoms with Crippen LogP contribution in [0, 0.1) is 0 Å². The van der Waals surface area contributed by atoms with Crippen molar-refractivity contribution in [2.75, 3.05) is 19.8 Å². The number of morpholine rings is 1. The number of carboxylic acids is 1. The summed E-state index contributed by atoms with van der Waals surface area (Å²) in [4.78, 5) is 29.2. The smallest absolute Gasteiger partial charge is 0.305 e. The van der Waals surface area contributed by atoms with Gasteiger partial charge in [0, 0.05) is 24.5 Å². The SMILES string of the molecule is O=C(O)CC1COCCN1C(=O)c1ccc(OCc2ccncc2)cc1. The van der Waals surface area contributed by atoms with Gasteiger partial charge in [0.05, 0.1) is 25.7 Å². The Kier molecular flexibility index (Phi) is 5.80. The van der Waals surface area contributed by atoms with E-state index in [1.807, 2.05) is 12.1 Å². The number of hydrogen-bond donors (Lipinski definition) is 1. The molecule has 1 aliphatic heterocycles. The fraction of sp³-hybridized carbons (Fsp3) is 0.316. The van der Waals surface area contributed by atoms with Gasteiger partial charge >= 0.3 is 5.97 Å². The number of aromatic nitrogens is 1. The first kappa shape index (κ1) is 17.9. The maximum Gasteiger partial charge on any atom is 0.305 e. The van der Waals surface area contributed by atoms with Crippen LogP contribution in [-0.4, -0.2) is 52.7 Å². The summed E-state index contributed by atoms with van der Waals surface area (Å²) >= 11 is 0. The van der Waals surface area contributed by atoms with Crippen molar-refractivity contribution >= 4 is 11.9 Å². The van der Waals surface area contributed by atoms with E-state index in [2.05, 4.69) is 4.98 Å². The summed E-state index contributed by atoms with van der Waals surface area (Å²) in [7, 11) is 0. The van der Waals surface area contributed by atoms with E-state index in [1.54, 1.807) is 41.6 Å². The lowest BCUT2D eigenvalue weighted by atomic mass is 10.1. The highest BCUT2D eigenvalue weighted by atomic mass is 16.5. The average Bonchev–Trinajstić information content (AvgIpc) is 2.67. The summed E-state index contributed by atoms with van der Waals surface area (Å²) in [6, 6.07) is 10.2. The van der Waals surface area contributed by atoms with Crippen LogP contribution in [0.4, 0.5) is 0 Å². The van der Waals surface area contributed by atoms with Crippen molar-refractivity contribution in [3.63, 3.8) is 0 Å². The molecule has 0 radical (unpaired) electrons. The maximum atomic E-state index is 12.7. The lowest BCUT2D eigenvalue weighted by molar-refractivity contribution is -0.139. The second-order valence-electron chi connectivity index (χ2n) is 5.99. The minimum Gasteiger partial charge on any atom is -0.489 e. The zero-order valence-corrected chi connectivity index (χ0v) is 14.2. The minimum atomic E-state index is -0.946. The number of hydrogen-bond acceptors (Lipinski definition) is 5. The summed E-state index contributed by atoms with van der Waals surface area (Å²) in [5.41, 5.74) is 1.50. The van der Waals surface area contributed by atoms with Crippen LogP contribution in [0.5, 0.6) is 5.75 Å². The standard InChI is InChI=1S/C19H20N2O5/c22-18(23)11-16-13-25-10-9-21(16)19(24)15-1-3-17(4-2-15)26-12-14-5-7-20-8-6-14/h1-8,16H,9-13H2,(H,22,23). The van der Waals surface area contributed by atoms with Crippen molar-refractivity contribution in [3.8, 4) is 5.75 Å². The zero-order chi connectivity index (χ0) is 18.4. The Balaban J connectivity index is 1.63. The number of amides is 1. The molecule has 7 heteroatoms. The fourth-order valence-electron chi connectivity index (χ4n) is 2.80. The van der Waals surface area contributed by atoms with Gasteiger partial charge in [0.1, 0.15) is 12.4 Å². The molecular formula is C19H20N2O5. The largest absolute Gasteiger partial charge is 0.489 e. The van der Waals surface area contributed by atoms with Crippen molar-refractivity contribution in [2.45, 2.75) is 19.1 Å². The molecule has 0 aliphatic carbocycles. The van der Waals surface area contributed by atoms with Gasteiger partial charge in [-0.3, -0.25) is 14.6 Å². The summed E-state index contributed by atoms with van der Waals surface area (Å²) in [6.07, 6.45) is 3.28. The molecule has 0 spiro atoms. The van der Waals surface area contributed by atoms with E-state index in [4.69, 9.17) is 14.6 Å². The van der Waals surface area contributed by atoms with Crippen molar-refractivity contribution in [2.24, 2.45) is 0 Å². The molecule has 1 atom stereocenters. The first-order valence-corrected chi connectivity index (χ1v) is 8.36. The molecule has 26 heavy (non-hydrogen) atoms. The molecular weight excluding hydrogens is 336 g/mol. The second-order valence-corrected chi connectivity index (χ2v) is 5.99. The van der Waals surface area contributed by atoms with E-state index >= 15 is 0 Å². The second kappa shape index (κ2) is 8.44. The molecule has 0 saturated carbocycles. The molecule has 3 rings (SSSR count). The average molecular weight is 356 g/mol. The third kappa shape index (κ3) is 4.58. The number of carbonyl (C=O) groups excluding carboxylic acids is 1. The van der Waals surface area contributed by atoms with Crippen molar-refractivity contribution in [1.82, 2.24) is 9.88 Å². The highest BCUT2D eigenvalue weighted by Gasteiger charge is 2.29. The first-order valence-electron chi connectivity index (χ1n) is 8.36. The molecule has 1 fully saturated rings. The lowest BCUT2D eigenvalue weighted by Crippen LogP contribution is -2.49. The third-order valence-corrected chi connectivity index (χ3v) is 4.15. The van der Waals surface area contributed by atoms with Gasteiger partial charge in [-0.25, -0.2) is 0 Å². The van der Waals surface area contributed by atoms with Crippen LogP contribution >= 0.6 is 0 Å². The van der Waals surface area contributed by atoms with E-state index in [0.29, 0.717) is 31.1 Å². The van der Waals surface area contributed by atoms with E-state index in [1.165, 1.54) is 0 Å². The predicted octanol–water partition coefficient (Wildman–Crippen LogP) is 1.98. The molecule has 0 bridgehead atoms. The Bertz CT molecular complexity index is 748. The molecule has 2 aromatic rings. The van der Waals surface area contributed by atoms with Gasteiger partial charge in [0.15, 0.2) is 0 Å². The number of benzene rings is 1. The van der Waals surface area contributed by atoms with Crippen LogP contribution in [0.3, 0.4) is 0 Å². The molecule has 7 nitrogen and oxygen atoms in total. The van der Waals surface area contributed by atoms with Crippen LogP contribution in [0.1, 0.15) is 22.3 Å². The normalized spacial score (nSPS) is 16.9. The van der Waals surface area contributed by atoms with E-state index < -0.39 is 12.0 Å². The number of carbonyl (C=O) groups is 2. The first-order chi connectivity index (χ1) is 12.6. The molecule has 136 valence electrons. The molecule has 2 heterocycles. The molecule has 1 aromatic heterocycles. The number of carboxylic acid groups (broad SMARTS) is 1. The van der Waals surface area contributed by atoms with Crippen LogP contribution < -0.4 is 4.74 Å². The van der Waals surface area contributed by atoms with Crippen molar-refractivity contribution < 1.29 is 24.2 Å². The third-order valence-electron chi connectivity index (χ3n) is 4.15. The van der Waals surface area contributed by atoms with Gasteiger partial charge in [-0.2, -0.15) is 0 Å². The Morgan fingerprint density at radius 1 is 1.19 bits per heavy atom. The van der Waals surface area contributed by atoms with E-state index in [-0.39, 0.29) is 18.9 Å². The number of nitrogens with zero attached hydrogens (tertiary/aromatic N) is 2. The van der Waals surface area contributed by atoms with Gasteiger partial charge in [0.25, 0.3) is 5.91 Å². The van der Waals surface area contributed by atoms with Crippen molar-refractivity contribution in [3.05, 3.63) is 59.9 Å². The van der Waals surface area contributed by atoms with Crippen LogP contribution in [0.2, 0.25) is 0 Å². The van der Waals surface area contributed by atoms with E-state index in [0.717, 1.165) is 5.56 Å². The van der Waals surface area contributed by atoms with Crippen LogP contribution in [0.15, 0.2) is 48.8 Å². The maximum absolute atomic E-state index is 12.7. The van der Waals surface area contributed by atoms with E-state index in [9.17, 15) is 9.59 Å². The van der Waals surface area contributed by atoms with Crippen LogP contribution in [0.25, 0.3) is 0 Å². The molecule has 1 aromatic carbocycles. The molecule has 1 unspecified atom stereocenters. The highest BCUT2D eigenvalue weighted by molar-refractivity contribution is 5.94. The molecule has 1 saturated heterocycles. The van der Waals surface area contributed by atoms with Crippen molar-refractivity contribution in [1.29, 1.82) is 0 Å². The van der Waals surface area contributed by atoms with Gasteiger partial charge in [-0.1, -0.05) is 0 Å². The van der Waals surface area contributed by atoms with Crippen LogP contribution in [-0.2, 0) is 16.1 Å². The van der Waals surface area contributed by atoms with Gasteiger partial charge in [-0.05, 0) is 42.0 Å². The van der Waals surface area contributed by atoms with Gasteiger partial charge in [0.2, 0.25) is 0 Å². The summed E-state index contributed by atoms with van der Waals surface area (Å²) < 4.78 is 11.0. The Hall–Kier alpha value is -2.93. The Morgan fingerprint density at radius 3 is 2.62 bits per heavy atom. The highest BCUT2D eigenvalue weighted by Crippen LogP contribution is 2.18.